The van der Waals surface area contributed by atoms with Gasteiger partial charge in [0.1, 0.15) is 0 Å². The van der Waals surface area contributed by atoms with E-state index in [1.165, 1.54) is 17.5 Å². The molecule has 2 saturated heterocycles. The minimum absolute atomic E-state index is 0. The van der Waals surface area contributed by atoms with E-state index in [2.05, 4.69) is 41.4 Å². The van der Waals surface area contributed by atoms with E-state index in [9.17, 15) is 4.79 Å². The lowest BCUT2D eigenvalue weighted by atomic mass is 9.88. The van der Waals surface area contributed by atoms with Crippen LogP contribution < -0.4 is 5.32 Å². The Morgan fingerprint density at radius 1 is 1.29 bits per heavy atom. The average Bonchev–Trinajstić information content (AvgIpc) is 2.93. The molecule has 3 rings (SSSR count). The number of likely N-dealkylation sites (tertiary alicyclic amines) is 1. The Morgan fingerprint density at radius 2 is 2.05 bits per heavy atom. The molecule has 4 heteroatoms. The van der Waals surface area contributed by atoms with Gasteiger partial charge in [-0.05, 0) is 55.8 Å². The molecule has 0 bridgehead atoms. The third-order valence-electron chi connectivity index (χ3n) is 4.93. The van der Waals surface area contributed by atoms with Crippen molar-refractivity contribution in [2.24, 2.45) is 11.8 Å². The van der Waals surface area contributed by atoms with Crippen molar-refractivity contribution in [3.63, 3.8) is 0 Å². The van der Waals surface area contributed by atoms with Crippen molar-refractivity contribution < 1.29 is 4.79 Å². The van der Waals surface area contributed by atoms with Crippen LogP contribution in [0.3, 0.4) is 0 Å². The van der Waals surface area contributed by atoms with E-state index in [0.29, 0.717) is 18.2 Å². The highest BCUT2D eigenvalue weighted by Gasteiger charge is 2.34. The van der Waals surface area contributed by atoms with E-state index in [1.807, 2.05) is 0 Å². The number of fused-ring (bicyclic) bond motifs is 1. The summed E-state index contributed by atoms with van der Waals surface area (Å²) in [6, 6.07) is 8.37. The molecule has 0 radical (unpaired) electrons. The van der Waals surface area contributed by atoms with Gasteiger partial charge in [-0.2, -0.15) is 0 Å². The van der Waals surface area contributed by atoms with Gasteiger partial charge in [-0.25, -0.2) is 0 Å². The Morgan fingerprint density at radius 3 is 2.86 bits per heavy atom. The van der Waals surface area contributed by atoms with E-state index in [-0.39, 0.29) is 12.4 Å². The summed E-state index contributed by atoms with van der Waals surface area (Å²) in [4.78, 5) is 14.5. The molecule has 2 fully saturated rings. The van der Waals surface area contributed by atoms with Gasteiger partial charge < -0.3 is 10.2 Å². The summed E-state index contributed by atoms with van der Waals surface area (Å²) < 4.78 is 0. The zero-order valence-electron chi connectivity index (χ0n) is 12.7. The predicted molar refractivity (Wildman–Crippen MR) is 87.8 cm³/mol. The highest BCUT2D eigenvalue weighted by Crippen LogP contribution is 2.26. The molecular weight excluding hydrogens is 284 g/mol. The summed E-state index contributed by atoms with van der Waals surface area (Å²) in [5.41, 5.74) is 2.59. The number of piperidine rings is 1. The van der Waals surface area contributed by atoms with Gasteiger partial charge in [-0.15, -0.1) is 12.4 Å². The number of hydrogen-bond donors (Lipinski definition) is 1. The molecule has 2 unspecified atom stereocenters. The van der Waals surface area contributed by atoms with Gasteiger partial charge in [0.15, 0.2) is 0 Å². The highest BCUT2D eigenvalue weighted by atomic mass is 35.5. The number of carbonyl (C=O) groups excluding carboxylic acids is 1. The molecule has 2 aliphatic heterocycles. The zero-order valence-corrected chi connectivity index (χ0v) is 13.5. The Hall–Kier alpha value is -1.06. The molecule has 0 aliphatic carbocycles. The Labute approximate surface area is 133 Å². The van der Waals surface area contributed by atoms with Gasteiger partial charge in [0.05, 0.1) is 0 Å². The van der Waals surface area contributed by atoms with E-state index < -0.39 is 0 Å². The fourth-order valence-corrected chi connectivity index (χ4v) is 3.55. The lowest BCUT2D eigenvalue weighted by Gasteiger charge is -2.34. The van der Waals surface area contributed by atoms with Gasteiger partial charge in [0.25, 0.3) is 0 Å². The smallest absolute Gasteiger partial charge is 0.222 e. The first-order valence-electron chi connectivity index (χ1n) is 7.77. The molecule has 116 valence electrons. The van der Waals surface area contributed by atoms with E-state index >= 15 is 0 Å². The largest absolute Gasteiger partial charge is 0.342 e. The van der Waals surface area contributed by atoms with Crippen LogP contribution in [0.4, 0.5) is 0 Å². The molecule has 0 aromatic heterocycles. The highest BCUT2D eigenvalue weighted by molar-refractivity contribution is 5.85. The number of halogens is 1. The molecule has 2 heterocycles. The van der Waals surface area contributed by atoms with Crippen LogP contribution >= 0.6 is 12.4 Å². The Balaban J connectivity index is 0.00000161. The van der Waals surface area contributed by atoms with E-state index in [1.54, 1.807) is 0 Å². The van der Waals surface area contributed by atoms with Crippen LogP contribution in [0, 0.1) is 18.8 Å². The third kappa shape index (κ3) is 3.78. The fourth-order valence-electron chi connectivity index (χ4n) is 3.55. The zero-order chi connectivity index (χ0) is 13.9. The number of benzene rings is 1. The fraction of sp³-hybridized carbons (Fsp3) is 0.588. The van der Waals surface area contributed by atoms with Gasteiger partial charge in [-0.3, -0.25) is 4.79 Å². The minimum atomic E-state index is 0. The Kier molecular flexibility index (Phi) is 5.65. The lowest BCUT2D eigenvalue weighted by Crippen LogP contribution is -2.43. The minimum Gasteiger partial charge on any atom is -0.342 e. The maximum absolute atomic E-state index is 12.4. The molecule has 1 N–H and O–H groups in total. The van der Waals surface area contributed by atoms with Gasteiger partial charge >= 0.3 is 0 Å². The van der Waals surface area contributed by atoms with Crippen molar-refractivity contribution in [3.05, 3.63) is 35.4 Å². The predicted octanol–water partition coefficient (Wildman–Crippen LogP) is 2.42. The van der Waals surface area contributed by atoms with Crippen LogP contribution in [-0.2, 0) is 11.2 Å². The molecule has 2 aliphatic rings. The summed E-state index contributed by atoms with van der Waals surface area (Å²) in [7, 11) is 0. The van der Waals surface area contributed by atoms with Crippen LogP contribution in [0.1, 0.15) is 24.0 Å². The van der Waals surface area contributed by atoms with Crippen molar-refractivity contribution in [2.45, 2.75) is 26.2 Å². The number of aryl methyl sites for hydroxylation is 2. The molecule has 1 aromatic carbocycles. The SMILES string of the molecule is Cc1ccccc1CCC(=O)N1CCC2CNCC2C1.Cl. The van der Waals surface area contributed by atoms with Crippen LogP contribution in [-0.4, -0.2) is 37.0 Å². The maximum Gasteiger partial charge on any atom is 0.222 e. The first kappa shape index (κ1) is 16.3. The van der Waals surface area contributed by atoms with Crippen molar-refractivity contribution in [2.75, 3.05) is 26.2 Å². The van der Waals surface area contributed by atoms with E-state index in [4.69, 9.17) is 0 Å². The maximum atomic E-state index is 12.4. The number of nitrogens with one attached hydrogen (secondary N) is 1. The van der Waals surface area contributed by atoms with Crippen molar-refractivity contribution >= 4 is 18.3 Å². The lowest BCUT2D eigenvalue weighted by molar-refractivity contribution is -0.133. The van der Waals surface area contributed by atoms with Gasteiger partial charge in [0, 0.05) is 19.5 Å². The second-order valence-electron chi connectivity index (χ2n) is 6.23. The monoisotopic (exact) mass is 308 g/mol. The molecule has 0 saturated carbocycles. The summed E-state index contributed by atoms with van der Waals surface area (Å²) >= 11 is 0. The standard InChI is InChI=1S/C17H24N2O.ClH/c1-13-4-2-3-5-14(13)6-7-17(20)19-9-8-15-10-18-11-16(15)12-19;/h2-5,15-16,18H,6-12H2,1H3;1H. The van der Waals surface area contributed by atoms with Crippen LogP contribution in [0.15, 0.2) is 24.3 Å². The quantitative estimate of drug-likeness (QED) is 0.930. The van der Waals surface area contributed by atoms with Crippen molar-refractivity contribution in [3.8, 4) is 0 Å². The van der Waals surface area contributed by atoms with Crippen LogP contribution in [0.5, 0.6) is 0 Å². The molecule has 3 nitrogen and oxygen atoms in total. The molecule has 21 heavy (non-hydrogen) atoms. The molecule has 1 aromatic rings. The number of nitrogens with zero attached hydrogens (tertiary/aromatic N) is 1. The summed E-state index contributed by atoms with van der Waals surface area (Å²) in [6.07, 6.45) is 2.69. The van der Waals surface area contributed by atoms with Crippen molar-refractivity contribution in [1.29, 1.82) is 0 Å². The number of hydrogen-bond acceptors (Lipinski definition) is 2. The average molecular weight is 309 g/mol. The first-order valence-corrected chi connectivity index (χ1v) is 7.77. The van der Waals surface area contributed by atoms with Gasteiger partial charge in [0.2, 0.25) is 5.91 Å². The molecular formula is C17H25ClN2O. The molecule has 0 spiro atoms. The van der Waals surface area contributed by atoms with Gasteiger partial charge in [-0.1, -0.05) is 24.3 Å². The topological polar surface area (TPSA) is 32.3 Å². The number of rotatable bonds is 3. The van der Waals surface area contributed by atoms with E-state index in [0.717, 1.165) is 38.5 Å². The summed E-state index contributed by atoms with van der Waals surface area (Å²) in [5.74, 6) is 1.82. The molecule has 1 amide bonds. The number of carbonyl (C=O) groups is 1. The third-order valence-corrected chi connectivity index (χ3v) is 4.93. The summed E-state index contributed by atoms with van der Waals surface area (Å²) in [6.45, 7) is 6.28. The van der Waals surface area contributed by atoms with Crippen molar-refractivity contribution in [1.82, 2.24) is 10.2 Å². The number of amides is 1. The van der Waals surface area contributed by atoms with Crippen LogP contribution in [0.2, 0.25) is 0 Å². The first-order chi connectivity index (χ1) is 9.74. The summed E-state index contributed by atoms with van der Waals surface area (Å²) in [5, 5.41) is 3.45. The normalized spacial score (nSPS) is 24.3. The Bertz CT molecular complexity index is 491. The second-order valence-corrected chi connectivity index (χ2v) is 6.23. The second kappa shape index (κ2) is 7.28. The molecule has 2 atom stereocenters. The van der Waals surface area contributed by atoms with Crippen LogP contribution in [0.25, 0.3) is 0 Å².